The zero-order valence-electron chi connectivity index (χ0n) is 10.8. The first-order chi connectivity index (χ1) is 8.45. The molecule has 0 spiro atoms. The molecule has 1 aliphatic heterocycles. The first-order valence-electron chi connectivity index (χ1n) is 6.08. The zero-order valence-corrected chi connectivity index (χ0v) is 10.8. The van der Waals surface area contributed by atoms with Crippen LogP contribution in [-0.4, -0.2) is 53.6 Å². The smallest absolute Gasteiger partial charge is 0.319 e. The monoisotopic (exact) mass is 253 g/mol. The number of amides is 2. The minimum absolute atomic E-state index is 0.192. The molecule has 0 radical (unpaired) electrons. The lowest BCUT2D eigenvalue weighted by Gasteiger charge is -2.34. The van der Waals surface area contributed by atoms with Crippen molar-refractivity contribution in [3.05, 3.63) is 0 Å². The van der Waals surface area contributed by atoms with Gasteiger partial charge < -0.3 is 14.9 Å². The molecule has 0 aromatic rings. The molecule has 1 aliphatic rings. The summed E-state index contributed by atoms with van der Waals surface area (Å²) < 4.78 is 0. The summed E-state index contributed by atoms with van der Waals surface area (Å²) in [6.45, 7) is 2.97. The highest BCUT2D eigenvalue weighted by Gasteiger charge is 2.29. The highest BCUT2D eigenvalue weighted by Crippen LogP contribution is 2.17. The molecule has 1 heterocycles. The zero-order chi connectivity index (χ0) is 13.7. The van der Waals surface area contributed by atoms with Crippen LogP contribution >= 0.6 is 0 Å². The topological polar surface area (TPSA) is 84.6 Å². The Morgan fingerprint density at radius 3 is 2.83 bits per heavy atom. The summed E-state index contributed by atoms with van der Waals surface area (Å²) in [6.07, 6.45) is 1.34. The van der Waals surface area contributed by atoms with Crippen LogP contribution in [0.4, 0.5) is 4.79 Å². The maximum atomic E-state index is 12.1. The molecule has 2 amide bonds. The second-order valence-corrected chi connectivity index (χ2v) is 4.82. The summed E-state index contributed by atoms with van der Waals surface area (Å²) in [5.74, 6) is -1.54. The van der Waals surface area contributed by atoms with E-state index in [0.717, 1.165) is 0 Å². The van der Waals surface area contributed by atoms with Gasteiger partial charge in [-0.2, -0.15) is 5.26 Å². The van der Waals surface area contributed by atoms with Crippen LogP contribution in [-0.2, 0) is 4.79 Å². The molecular formula is C12H19N3O3. The summed E-state index contributed by atoms with van der Waals surface area (Å²) in [6, 6.07) is 1.88. The third-order valence-corrected chi connectivity index (χ3v) is 3.14. The van der Waals surface area contributed by atoms with Crippen molar-refractivity contribution >= 4 is 12.0 Å². The van der Waals surface area contributed by atoms with Gasteiger partial charge in [-0.15, -0.1) is 0 Å². The van der Waals surface area contributed by atoms with Crippen molar-refractivity contribution < 1.29 is 14.7 Å². The van der Waals surface area contributed by atoms with Gasteiger partial charge in [0.1, 0.15) is 0 Å². The van der Waals surface area contributed by atoms with Crippen LogP contribution in [0.25, 0.3) is 0 Å². The fourth-order valence-electron chi connectivity index (χ4n) is 2.12. The minimum atomic E-state index is -0.847. The Morgan fingerprint density at radius 2 is 2.28 bits per heavy atom. The van der Waals surface area contributed by atoms with E-state index >= 15 is 0 Å². The van der Waals surface area contributed by atoms with E-state index in [1.807, 2.05) is 0 Å². The highest BCUT2D eigenvalue weighted by atomic mass is 16.4. The van der Waals surface area contributed by atoms with E-state index in [4.69, 9.17) is 10.4 Å². The molecule has 1 rings (SSSR count). The second-order valence-electron chi connectivity index (χ2n) is 4.82. The van der Waals surface area contributed by atoms with E-state index in [1.54, 1.807) is 18.9 Å². The fourth-order valence-corrected chi connectivity index (χ4v) is 2.12. The first kappa shape index (κ1) is 14.3. The number of carbonyl (C=O) groups is 2. The van der Waals surface area contributed by atoms with Crippen molar-refractivity contribution in [3.63, 3.8) is 0 Å². The normalized spacial score (nSPS) is 20.9. The Kier molecular flexibility index (Phi) is 4.95. The highest BCUT2D eigenvalue weighted by molar-refractivity contribution is 5.76. The number of carbonyl (C=O) groups excluding carboxylic acids is 1. The summed E-state index contributed by atoms with van der Waals surface area (Å²) in [5, 5.41) is 17.7. The molecule has 100 valence electrons. The Labute approximate surface area is 107 Å². The summed E-state index contributed by atoms with van der Waals surface area (Å²) in [7, 11) is 1.64. The average Bonchev–Trinajstić information content (AvgIpc) is 2.37. The van der Waals surface area contributed by atoms with E-state index < -0.39 is 11.9 Å². The molecule has 18 heavy (non-hydrogen) atoms. The number of likely N-dealkylation sites (tertiary alicyclic amines) is 1. The lowest BCUT2D eigenvalue weighted by Crippen LogP contribution is -2.48. The van der Waals surface area contributed by atoms with Crippen LogP contribution < -0.4 is 0 Å². The molecule has 0 aromatic carbocycles. The van der Waals surface area contributed by atoms with Gasteiger partial charge in [-0.1, -0.05) is 0 Å². The van der Waals surface area contributed by atoms with Gasteiger partial charge in [-0.3, -0.25) is 4.79 Å². The number of carboxylic acids is 1. The number of nitrogens with zero attached hydrogens (tertiary/aromatic N) is 3. The number of urea groups is 1. The number of carboxylic acid groups (broad SMARTS) is 1. The van der Waals surface area contributed by atoms with Crippen molar-refractivity contribution in [2.45, 2.75) is 19.8 Å². The Morgan fingerprint density at radius 1 is 1.61 bits per heavy atom. The third kappa shape index (κ3) is 3.62. The van der Waals surface area contributed by atoms with Gasteiger partial charge in [-0.05, 0) is 19.8 Å². The molecule has 0 aliphatic carbocycles. The molecule has 0 bridgehead atoms. The van der Waals surface area contributed by atoms with Crippen LogP contribution in [0.15, 0.2) is 0 Å². The number of piperidine rings is 1. The van der Waals surface area contributed by atoms with Crippen molar-refractivity contribution in [1.29, 1.82) is 5.26 Å². The van der Waals surface area contributed by atoms with Crippen molar-refractivity contribution in [1.82, 2.24) is 9.80 Å². The number of aliphatic carboxylic acids is 1. The van der Waals surface area contributed by atoms with Gasteiger partial charge in [0.05, 0.1) is 17.9 Å². The SMILES string of the molecule is CC(C#N)CN(C)C(=O)N1CCCC(C(=O)O)C1. The molecule has 2 atom stereocenters. The predicted molar refractivity (Wildman–Crippen MR) is 64.7 cm³/mol. The van der Waals surface area contributed by atoms with Gasteiger partial charge in [0.2, 0.25) is 0 Å². The van der Waals surface area contributed by atoms with E-state index in [2.05, 4.69) is 6.07 Å². The molecule has 6 heteroatoms. The predicted octanol–water partition coefficient (Wildman–Crippen LogP) is 0.994. The van der Waals surface area contributed by atoms with Gasteiger partial charge in [-0.25, -0.2) is 4.79 Å². The van der Waals surface area contributed by atoms with Gasteiger partial charge in [0.15, 0.2) is 0 Å². The van der Waals surface area contributed by atoms with E-state index in [0.29, 0.717) is 25.9 Å². The van der Waals surface area contributed by atoms with Crippen LogP contribution in [0.3, 0.4) is 0 Å². The molecule has 0 saturated carbocycles. The lowest BCUT2D eigenvalue weighted by molar-refractivity contribution is -0.143. The summed E-state index contributed by atoms with van der Waals surface area (Å²) in [4.78, 5) is 26.0. The van der Waals surface area contributed by atoms with Crippen molar-refractivity contribution in [2.75, 3.05) is 26.7 Å². The summed E-state index contributed by atoms with van der Waals surface area (Å²) >= 11 is 0. The maximum Gasteiger partial charge on any atom is 0.319 e. The van der Waals surface area contributed by atoms with Crippen LogP contribution in [0.1, 0.15) is 19.8 Å². The number of rotatable bonds is 3. The average molecular weight is 253 g/mol. The van der Waals surface area contributed by atoms with Gasteiger partial charge in [0, 0.05) is 26.7 Å². The quantitative estimate of drug-likeness (QED) is 0.813. The third-order valence-electron chi connectivity index (χ3n) is 3.14. The largest absolute Gasteiger partial charge is 0.481 e. The fraction of sp³-hybridized carbons (Fsp3) is 0.750. The molecule has 2 unspecified atom stereocenters. The molecule has 1 N–H and O–H groups in total. The first-order valence-corrected chi connectivity index (χ1v) is 6.08. The van der Waals surface area contributed by atoms with Crippen LogP contribution in [0.2, 0.25) is 0 Å². The van der Waals surface area contributed by atoms with Crippen LogP contribution in [0, 0.1) is 23.2 Å². The molecular weight excluding hydrogens is 234 g/mol. The number of hydrogen-bond donors (Lipinski definition) is 1. The van der Waals surface area contributed by atoms with Gasteiger partial charge in [0.25, 0.3) is 0 Å². The molecule has 1 saturated heterocycles. The lowest BCUT2D eigenvalue weighted by atomic mass is 9.98. The van der Waals surface area contributed by atoms with Crippen molar-refractivity contribution in [2.24, 2.45) is 11.8 Å². The molecule has 1 fully saturated rings. The Hall–Kier alpha value is -1.77. The second kappa shape index (κ2) is 6.24. The summed E-state index contributed by atoms with van der Waals surface area (Å²) in [5.41, 5.74) is 0. The van der Waals surface area contributed by atoms with E-state index in [9.17, 15) is 9.59 Å². The maximum absolute atomic E-state index is 12.1. The van der Waals surface area contributed by atoms with Crippen LogP contribution in [0.5, 0.6) is 0 Å². The Balaban J connectivity index is 2.55. The Bertz CT molecular complexity index is 364. The van der Waals surface area contributed by atoms with Gasteiger partial charge >= 0.3 is 12.0 Å². The molecule has 0 aromatic heterocycles. The number of nitriles is 1. The molecule has 6 nitrogen and oxygen atoms in total. The van der Waals surface area contributed by atoms with E-state index in [-0.39, 0.29) is 18.5 Å². The van der Waals surface area contributed by atoms with E-state index in [1.165, 1.54) is 4.90 Å². The standard InChI is InChI=1S/C12H19N3O3/c1-9(6-13)7-14(2)12(18)15-5-3-4-10(8-15)11(16)17/h9-10H,3-5,7-8H2,1-2H3,(H,16,17). The van der Waals surface area contributed by atoms with Crippen molar-refractivity contribution in [3.8, 4) is 6.07 Å². The minimum Gasteiger partial charge on any atom is -0.481 e. The number of hydrogen-bond acceptors (Lipinski definition) is 3.